The minimum absolute atomic E-state index is 0.413. The van der Waals surface area contributed by atoms with Crippen molar-refractivity contribution < 1.29 is 0 Å². The second-order valence-electron chi connectivity index (χ2n) is 7.06. The number of hydrogen-bond acceptors (Lipinski definition) is 3. The normalized spacial score (nSPS) is 34.5. The van der Waals surface area contributed by atoms with Crippen LogP contribution in [0.2, 0.25) is 0 Å². The van der Waals surface area contributed by atoms with Gasteiger partial charge in [-0.15, -0.1) is 0 Å². The van der Waals surface area contributed by atoms with Crippen LogP contribution in [0.5, 0.6) is 0 Å². The first kappa shape index (κ1) is 13.6. The van der Waals surface area contributed by atoms with Gasteiger partial charge >= 0.3 is 0 Å². The van der Waals surface area contributed by atoms with Crippen LogP contribution in [-0.2, 0) is 11.8 Å². The summed E-state index contributed by atoms with van der Waals surface area (Å²) in [6.45, 7) is 1.24. The average Bonchev–Trinajstić information content (AvgIpc) is 2.52. The van der Waals surface area contributed by atoms with E-state index in [9.17, 15) is 0 Å². The first-order chi connectivity index (χ1) is 10.2. The number of likely N-dealkylation sites (tertiary alicyclic amines) is 1. The lowest BCUT2D eigenvalue weighted by Gasteiger charge is -2.58. The highest BCUT2D eigenvalue weighted by atomic mass is 32.1. The van der Waals surface area contributed by atoms with Crippen molar-refractivity contribution in [3.05, 3.63) is 29.3 Å². The highest BCUT2D eigenvalue weighted by Crippen LogP contribution is 2.55. The molecule has 0 aromatic heterocycles. The Kier molecular flexibility index (Phi) is 3.25. The van der Waals surface area contributed by atoms with E-state index in [0.29, 0.717) is 5.41 Å². The predicted molar refractivity (Wildman–Crippen MR) is 89.5 cm³/mol. The molecule has 1 aliphatic heterocycles. The van der Waals surface area contributed by atoms with Gasteiger partial charge in [0.05, 0.1) is 10.8 Å². The number of thiocarbonyl (C=S) groups is 1. The van der Waals surface area contributed by atoms with Crippen molar-refractivity contribution in [2.45, 2.75) is 50.0 Å². The van der Waals surface area contributed by atoms with Gasteiger partial charge in [-0.1, -0.05) is 18.9 Å². The van der Waals surface area contributed by atoms with Crippen LogP contribution in [-0.4, -0.2) is 29.7 Å². The van der Waals surface area contributed by atoms with Crippen LogP contribution >= 0.6 is 12.2 Å². The van der Waals surface area contributed by atoms with E-state index in [1.165, 1.54) is 45.1 Å². The molecule has 2 nitrogen and oxygen atoms in total. The van der Waals surface area contributed by atoms with E-state index >= 15 is 0 Å². The number of hydrogen-bond donors (Lipinski definition) is 0. The number of nitrogens with zero attached hydrogens (tertiary/aromatic N) is 2. The molecule has 1 saturated carbocycles. The molecule has 0 spiro atoms. The molecular formula is C18H22N2S. The van der Waals surface area contributed by atoms with Gasteiger partial charge in [-0.2, -0.15) is 4.99 Å². The van der Waals surface area contributed by atoms with Crippen molar-refractivity contribution in [3.63, 3.8) is 0 Å². The first-order valence-corrected chi connectivity index (χ1v) is 8.57. The molecule has 0 amide bonds. The van der Waals surface area contributed by atoms with Crippen molar-refractivity contribution in [2.24, 2.45) is 10.9 Å². The third kappa shape index (κ3) is 1.95. The van der Waals surface area contributed by atoms with E-state index in [-0.39, 0.29) is 0 Å². The highest BCUT2D eigenvalue weighted by Gasteiger charge is 2.52. The topological polar surface area (TPSA) is 15.6 Å². The Morgan fingerprint density at radius 3 is 3.10 bits per heavy atom. The molecule has 2 bridgehead atoms. The Morgan fingerprint density at radius 2 is 2.24 bits per heavy atom. The number of fused-ring (bicyclic) bond motifs is 1. The molecule has 3 aliphatic rings. The lowest BCUT2D eigenvalue weighted by molar-refractivity contribution is 0.00290. The SMILES string of the molecule is CN1CC[C@@]23CCCC[C@@H]2[C@@H]1Cc1ccc(N=C=S)cc13. The molecule has 0 unspecified atom stereocenters. The third-order valence-electron chi connectivity index (χ3n) is 6.27. The minimum Gasteiger partial charge on any atom is -0.303 e. The number of aliphatic imine (C=N–C) groups is 1. The van der Waals surface area contributed by atoms with E-state index in [2.05, 4.69) is 40.3 Å². The van der Waals surface area contributed by atoms with Gasteiger partial charge < -0.3 is 4.90 Å². The van der Waals surface area contributed by atoms with Crippen LogP contribution in [0.4, 0.5) is 5.69 Å². The Balaban J connectivity index is 1.89. The number of isothiocyanates is 1. The highest BCUT2D eigenvalue weighted by molar-refractivity contribution is 7.78. The number of benzene rings is 1. The van der Waals surface area contributed by atoms with Crippen LogP contribution in [0, 0.1) is 5.92 Å². The van der Waals surface area contributed by atoms with E-state index in [1.807, 2.05) is 0 Å². The van der Waals surface area contributed by atoms with Crippen molar-refractivity contribution in [2.75, 3.05) is 13.6 Å². The molecule has 1 saturated heterocycles. The third-order valence-corrected chi connectivity index (χ3v) is 6.36. The van der Waals surface area contributed by atoms with Crippen LogP contribution < -0.4 is 0 Å². The second kappa shape index (κ2) is 5.01. The molecule has 2 aliphatic carbocycles. The molecule has 21 heavy (non-hydrogen) atoms. The lowest BCUT2D eigenvalue weighted by Crippen LogP contribution is -2.59. The maximum atomic E-state index is 4.78. The molecule has 1 aromatic carbocycles. The Labute approximate surface area is 132 Å². The first-order valence-electron chi connectivity index (χ1n) is 8.16. The minimum atomic E-state index is 0.413. The Hall–Kier alpha value is -1.02. The van der Waals surface area contributed by atoms with Gasteiger partial charge in [-0.05, 0) is 80.7 Å². The van der Waals surface area contributed by atoms with Crippen LogP contribution in [0.15, 0.2) is 23.2 Å². The summed E-state index contributed by atoms with van der Waals surface area (Å²) in [6, 6.07) is 7.45. The van der Waals surface area contributed by atoms with Crippen molar-refractivity contribution in [1.82, 2.24) is 4.90 Å². The van der Waals surface area contributed by atoms with Crippen LogP contribution in [0.3, 0.4) is 0 Å². The molecule has 0 N–H and O–H groups in total. The van der Waals surface area contributed by atoms with E-state index in [1.54, 1.807) is 11.1 Å². The fourth-order valence-electron chi connectivity index (χ4n) is 5.31. The van der Waals surface area contributed by atoms with Gasteiger partial charge in [0, 0.05) is 11.5 Å². The molecule has 4 rings (SSSR count). The van der Waals surface area contributed by atoms with Crippen molar-refractivity contribution >= 4 is 23.1 Å². The number of rotatable bonds is 1. The average molecular weight is 298 g/mol. The summed E-state index contributed by atoms with van der Waals surface area (Å²) < 4.78 is 0. The maximum Gasteiger partial charge on any atom is 0.0742 e. The molecule has 1 aromatic rings. The fourth-order valence-corrected chi connectivity index (χ4v) is 5.41. The van der Waals surface area contributed by atoms with E-state index in [0.717, 1.165) is 17.6 Å². The van der Waals surface area contributed by atoms with E-state index in [4.69, 9.17) is 12.2 Å². The van der Waals surface area contributed by atoms with Gasteiger partial charge in [0.2, 0.25) is 0 Å². The summed E-state index contributed by atoms with van der Waals surface area (Å²) in [5.41, 5.74) is 4.53. The zero-order valence-corrected chi connectivity index (χ0v) is 13.5. The maximum absolute atomic E-state index is 4.78. The summed E-state index contributed by atoms with van der Waals surface area (Å²) in [7, 11) is 2.32. The summed E-state index contributed by atoms with van der Waals surface area (Å²) >= 11 is 4.78. The molecule has 110 valence electrons. The van der Waals surface area contributed by atoms with Gasteiger partial charge in [-0.3, -0.25) is 0 Å². The van der Waals surface area contributed by atoms with Crippen molar-refractivity contribution in [1.29, 1.82) is 0 Å². The van der Waals surface area contributed by atoms with Crippen LogP contribution in [0.1, 0.15) is 43.2 Å². The predicted octanol–water partition coefficient (Wildman–Crippen LogP) is 4.11. The fraction of sp³-hybridized carbons (Fsp3) is 0.611. The summed E-state index contributed by atoms with van der Waals surface area (Å²) in [6.07, 6.45) is 8.06. The molecule has 3 atom stereocenters. The second-order valence-corrected chi connectivity index (χ2v) is 7.24. The molecule has 3 heteroatoms. The quantitative estimate of drug-likeness (QED) is 0.573. The Bertz CT molecular complexity index is 620. The standard InChI is InChI=1S/C18H22N2S/c1-20-9-8-18-7-3-2-4-15(18)17(20)10-13-5-6-14(19-12-21)11-16(13)18/h5-6,11,15,17H,2-4,7-10H2,1H3/t15-,17+,18+/m1/s1. The summed E-state index contributed by atoms with van der Waals surface area (Å²) in [5.74, 6) is 0.837. The molecule has 2 fully saturated rings. The molecule has 0 radical (unpaired) electrons. The summed E-state index contributed by atoms with van der Waals surface area (Å²) in [4.78, 5) is 6.84. The number of likely N-dealkylation sites (N-methyl/N-ethyl adjacent to an activating group) is 1. The largest absolute Gasteiger partial charge is 0.303 e. The van der Waals surface area contributed by atoms with Crippen molar-refractivity contribution in [3.8, 4) is 0 Å². The van der Waals surface area contributed by atoms with E-state index < -0.39 is 0 Å². The smallest absolute Gasteiger partial charge is 0.0742 e. The van der Waals surface area contributed by atoms with Gasteiger partial charge in [0.15, 0.2) is 0 Å². The lowest BCUT2D eigenvalue weighted by atomic mass is 9.52. The Morgan fingerprint density at radius 1 is 1.33 bits per heavy atom. The van der Waals surface area contributed by atoms with Gasteiger partial charge in [-0.25, -0.2) is 0 Å². The zero-order chi connectivity index (χ0) is 14.4. The zero-order valence-electron chi connectivity index (χ0n) is 12.6. The summed E-state index contributed by atoms with van der Waals surface area (Å²) in [5, 5.41) is 2.52. The monoisotopic (exact) mass is 298 g/mol. The van der Waals surface area contributed by atoms with Crippen LogP contribution in [0.25, 0.3) is 0 Å². The van der Waals surface area contributed by atoms with Gasteiger partial charge in [0.25, 0.3) is 0 Å². The van der Waals surface area contributed by atoms with Gasteiger partial charge in [0.1, 0.15) is 0 Å². The molecular weight excluding hydrogens is 276 g/mol. The molecule has 1 heterocycles. The number of piperidine rings is 1.